The summed E-state index contributed by atoms with van der Waals surface area (Å²) < 4.78 is 0. The molecule has 0 saturated heterocycles. The van der Waals surface area contributed by atoms with Crippen molar-refractivity contribution < 1.29 is 9.90 Å². The van der Waals surface area contributed by atoms with Crippen molar-refractivity contribution in [3.63, 3.8) is 0 Å². The molecule has 2 N–H and O–H groups in total. The maximum Gasteiger partial charge on any atom is 0.335 e. The molecule has 1 heterocycles. The molecule has 0 aliphatic rings. The molecule has 0 saturated carbocycles. The molecule has 0 radical (unpaired) electrons. The molecule has 0 aliphatic heterocycles. The van der Waals surface area contributed by atoms with Gasteiger partial charge in [0, 0.05) is 23.3 Å². The molecule has 0 unspecified atom stereocenters. The molecule has 2 aromatic rings. The number of hydrogen-bond donors (Lipinski definition) is 2. The molecule has 1 aromatic heterocycles. The maximum atomic E-state index is 11.1. The second-order valence-electron chi connectivity index (χ2n) is 6.28. The highest BCUT2D eigenvalue weighted by molar-refractivity contribution is 6.31. The Balaban J connectivity index is 2.31. The van der Waals surface area contributed by atoms with Gasteiger partial charge in [0.2, 0.25) is 0 Å². The largest absolute Gasteiger partial charge is 0.478 e. The van der Waals surface area contributed by atoms with Gasteiger partial charge in [0.1, 0.15) is 11.6 Å². The molecule has 0 amide bonds. The lowest BCUT2D eigenvalue weighted by atomic mass is 10.1. The van der Waals surface area contributed by atoms with E-state index in [4.69, 9.17) is 16.7 Å². The Morgan fingerprint density at radius 1 is 1.32 bits per heavy atom. The van der Waals surface area contributed by atoms with Gasteiger partial charge in [-0.2, -0.15) is 0 Å². The van der Waals surface area contributed by atoms with Crippen molar-refractivity contribution in [2.45, 2.75) is 40.2 Å². The lowest BCUT2D eigenvalue weighted by Crippen LogP contribution is -2.32. The van der Waals surface area contributed by atoms with Crippen LogP contribution in [0.2, 0.25) is 5.02 Å². The van der Waals surface area contributed by atoms with E-state index in [9.17, 15) is 4.79 Å². The third-order valence-corrected chi connectivity index (χ3v) is 4.11. The van der Waals surface area contributed by atoms with E-state index in [0.29, 0.717) is 28.0 Å². The zero-order valence-corrected chi connectivity index (χ0v) is 15.8. The molecule has 134 valence electrons. The first-order chi connectivity index (χ1) is 11.8. The fourth-order valence-electron chi connectivity index (χ4n) is 2.70. The Morgan fingerprint density at radius 2 is 2.04 bits per heavy atom. The average Bonchev–Trinajstić information content (AvgIpc) is 2.51. The van der Waals surface area contributed by atoms with E-state index in [2.05, 4.69) is 36.0 Å². The molecular formula is C19H24ClN3O2. The van der Waals surface area contributed by atoms with Gasteiger partial charge in [-0.15, -0.1) is 0 Å². The minimum Gasteiger partial charge on any atom is -0.478 e. The van der Waals surface area contributed by atoms with E-state index in [1.54, 1.807) is 31.2 Å². The highest BCUT2D eigenvalue weighted by Crippen LogP contribution is 2.26. The Bertz CT molecular complexity index is 762. The molecule has 0 aliphatic carbocycles. The third kappa shape index (κ3) is 4.86. The molecule has 2 rings (SSSR count). The van der Waals surface area contributed by atoms with Crippen LogP contribution in [0.1, 0.15) is 43.1 Å². The van der Waals surface area contributed by atoms with Crippen LogP contribution in [0.15, 0.2) is 30.3 Å². The molecule has 0 bridgehead atoms. The Hall–Kier alpha value is -2.27. The quantitative estimate of drug-likeness (QED) is 0.717. The number of carboxylic acid groups (broad SMARTS) is 1. The summed E-state index contributed by atoms with van der Waals surface area (Å²) in [4.78, 5) is 18.0. The number of nitrogens with zero attached hydrogens (tertiary/aromatic N) is 2. The van der Waals surface area contributed by atoms with Crippen LogP contribution in [0.4, 0.5) is 17.3 Å². The van der Waals surface area contributed by atoms with Crippen molar-refractivity contribution in [1.82, 2.24) is 4.98 Å². The lowest BCUT2D eigenvalue weighted by Gasteiger charge is -2.28. The van der Waals surface area contributed by atoms with Crippen LogP contribution >= 0.6 is 11.6 Å². The van der Waals surface area contributed by atoms with Crippen molar-refractivity contribution in [2.75, 3.05) is 16.8 Å². The topological polar surface area (TPSA) is 65.5 Å². The van der Waals surface area contributed by atoms with Crippen LogP contribution < -0.4 is 10.2 Å². The molecule has 25 heavy (non-hydrogen) atoms. The third-order valence-electron chi connectivity index (χ3n) is 3.89. The smallest absolute Gasteiger partial charge is 0.335 e. The molecule has 0 spiro atoms. The summed E-state index contributed by atoms with van der Waals surface area (Å²) in [6.07, 6.45) is 1.02. The summed E-state index contributed by atoms with van der Waals surface area (Å²) in [5, 5.41) is 12.9. The van der Waals surface area contributed by atoms with Crippen LogP contribution in [-0.4, -0.2) is 28.6 Å². The summed E-state index contributed by atoms with van der Waals surface area (Å²) in [5.41, 5.74) is 1.75. The minimum atomic E-state index is -0.931. The van der Waals surface area contributed by atoms with E-state index >= 15 is 0 Å². The molecule has 0 fully saturated rings. The van der Waals surface area contributed by atoms with Gasteiger partial charge in [-0.05, 0) is 63.1 Å². The van der Waals surface area contributed by atoms with Crippen LogP contribution in [0.5, 0.6) is 0 Å². The number of aryl methyl sites for hydroxylation is 1. The zero-order valence-electron chi connectivity index (χ0n) is 15.0. The van der Waals surface area contributed by atoms with Crippen LogP contribution in [0, 0.1) is 6.92 Å². The number of hydrogen-bond acceptors (Lipinski definition) is 4. The first kappa shape index (κ1) is 19.1. The fourth-order valence-corrected chi connectivity index (χ4v) is 2.90. The number of nitrogens with one attached hydrogen (secondary N) is 1. The summed E-state index contributed by atoms with van der Waals surface area (Å²) in [6.45, 7) is 9.05. The summed E-state index contributed by atoms with van der Waals surface area (Å²) in [5.74, 6) is 0.525. The monoisotopic (exact) mass is 361 g/mol. The molecule has 5 nitrogen and oxygen atoms in total. The van der Waals surface area contributed by atoms with E-state index in [0.717, 1.165) is 24.5 Å². The Labute approximate surface area is 153 Å². The van der Waals surface area contributed by atoms with Crippen molar-refractivity contribution >= 4 is 34.9 Å². The van der Waals surface area contributed by atoms with Gasteiger partial charge in [-0.1, -0.05) is 18.5 Å². The van der Waals surface area contributed by atoms with Crippen LogP contribution in [-0.2, 0) is 0 Å². The number of rotatable bonds is 7. The highest BCUT2D eigenvalue weighted by Gasteiger charge is 2.13. The first-order valence-corrected chi connectivity index (χ1v) is 8.74. The first-order valence-electron chi connectivity index (χ1n) is 8.37. The van der Waals surface area contributed by atoms with E-state index in [-0.39, 0.29) is 0 Å². The number of aromatic nitrogens is 1. The number of benzene rings is 1. The number of anilines is 3. The van der Waals surface area contributed by atoms with Gasteiger partial charge in [0.25, 0.3) is 0 Å². The molecule has 1 aromatic carbocycles. The Kier molecular flexibility index (Phi) is 6.26. The Morgan fingerprint density at radius 3 is 2.60 bits per heavy atom. The normalized spacial score (nSPS) is 10.8. The predicted octanol–water partition coefficient (Wildman–Crippen LogP) is 5.11. The highest BCUT2D eigenvalue weighted by atomic mass is 35.5. The van der Waals surface area contributed by atoms with E-state index < -0.39 is 5.97 Å². The maximum absolute atomic E-state index is 11.1. The van der Waals surface area contributed by atoms with Crippen molar-refractivity contribution in [2.24, 2.45) is 0 Å². The van der Waals surface area contributed by atoms with E-state index in [1.807, 2.05) is 6.07 Å². The number of carboxylic acids is 1. The number of pyridine rings is 1. The van der Waals surface area contributed by atoms with Crippen molar-refractivity contribution in [3.05, 3.63) is 46.5 Å². The predicted molar refractivity (Wildman–Crippen MR) is 103 cm³/mol. The number of halogens is 1. The van der Waals surface area contributed by atoms with Gasteiger partial charge in [-0.25, -0.2) is 9.78 Å². The zero-order chi connectivity index (χ0) is 18.6. The van der Waals surface area contributed by atoms with Gasteiger partial charge in [-0.3, -0.25) is 0 Å². The lowest BCUT2D eigenvalue weighted by molar-refractivity contribution is 0.0696. The van der Waals surface area contributed by atoms with Crippen LogP contribution in [0.25, 0.3) is 0 Å². The van der Waals surface area contributed by atoms with Crippen molar-refractivity contribution in [3.8, 4) is 0 Å². The van der Waals surface area contributed by atoms with E-state index in [1.165, 1.54) is 0 Å². The second kappa shape index (κ2) is 8.21. The van der Waals surface area contributed by atoms with Gasteiger partial charge >= 0.3 is 5.97 Å². The van der Waals surface area contributed by atoms with Gasteiger partial charge in [0.05, 0.1) is 5.56 Å². The van der Waals surface area contributed by atoms with Gasteiger partial charge < -0.3 is 15.3 Å². The van der Waals surface area contributed by atoms with Crippen molar-refractivity contribution in [1.29, 1.82) is 0 Å². The average molecular weight is 362 g/mol. The number of aromatic carboxylic acids is 1. The fraction of sp³-hybridized carbons (Fsp3) is 0.368. The summed E-state index contributed by atoms with van der Waals surface area (Å²) in [7, 11) is 0. The molecule has 6 heteroatoms. The second-order valence-corrected chi connectivity index (χ2v) is 6.71. The summed E-state index contributed by atoms with van der Waals surface area (Å²) in [6, 6.07) is 9.04. The standard InChI is InChI=1S/C19H24ClN3O2/c1-5-8-23(12(2)3)18-11-14(20)10-17(22-18)21-15-6-7-16(19(24)25)13(4)9-15/h6-7,9-12H,5,8H2,1-4H3,(H,21,22)(H,24,25). The molecule has 0 atom stereocenters. The molecular weight excluding hydrogens is 338 g/mol. The minimum absolute atomic E-state index is 0.291. The number of carbonyl (C=O) groups is 1. The van der Waals surface area contributed by atoms with Crippen LogP contribution in [0.3, 0.4) is 0 Å². The van der Waals surface area contributed by atoms with Gasteiger partial charge in [0.15, 0.2) is 0 Å². The summed E-state index contributed by atoms with van der Waals surface area (Å²) >= 11 is 6.28. The SMILES string of the molecule is CCCN(c1cc(Cl)cc(Nc2ccc(C(=O)O)c(C)c2)n1)C(C)C.